The van der Waals surface area contributed by atoms with Crippen molar-refractivity contribution in [3.05, 3.63) is 48.2 Å². The summed E-state index contributed by atoms with van der Waals surface area (Å²) in [6.07, 6.45) is 1.99. The van der Waals surface area contributed by atoms with E-state index in [-0.39, 0.29) is 4.90 Å². The van der Waals surface area contributed by atoms with Gasteiger partial charge in [-0.25, -0.2) is 13.4 Å². The van der Waals surface area contributed by atoms with Crippen LogP contribution in [0, 0.1) is 0 Å². The summed E-state index contributed by atoms with van der Waals surface area (Å²) in [7, 11) is 3.11. The van der Waals surface area contributed by atoms with Crippen LogP contribution in [0.25, 0.3) is 0 Å². The molecule has 0 bridgehead atoms. The zero-order valence-corrected chi connectivity index (χ0v) is 12.9. The van der Waals surface area contributed by atoms with Crippen LogP contribution in [-0.2, 0) is 20.2 Å². The lowest BCUT2D eigenvalue weighted by atomic mass is 10.1. The minimum absolute atomic E-state index is 0.0635. The highest BCUT2D eigenvalue weighted by molar-refractivity contribution is 8.13. The average molecular weight is 328 g/mol. The predicted molar refractivity (Wildman–Crippen MR) is 79.4 cm³/mol. The molecule has 1 aromatic carbocycles. The molecule has 5 nitrogen and oxygen atoms in total. The average Bonchev–Trinajstić information content (AvgIpc) is 2.46. The lowest BCUT2D eigenvalue weighted by Crippen LogP contribution is -1.95. The molecule has 0 aliphatic carbocycles. The van der Waals surface area contributed by atoms with Crippen molar-refractivity contribution in [3.63, 3.8) is 0 Å². The van der Waals surface area contributed by atoms with E-state index in [1.807, 2.05) is 24.3 Å². The molecule has 112 valence electrons. The van der Waals surface area contributed by atoms with Crippen molar-refractivity contribution in [2.24, 2.45) is 0 Å². The molecule has 0 aliphatic rings. The Kier molecular flexibility index (Phi) is 5.17. The molecule has 0 saturated carbocycles. The molecule has 0 amide bonds. The molecule has 0 radical (unpaired) electrons. The van der Waals surface area contributed by atoms with E-state index in [0.29, 0.717) is 18.2 Å². The van der Waals surface area contributed by atoms with Gasteiger partial charge in [-0.1, -0.05) is 12.1 Å². The van der Waals surface area contributed by atoms with Crippen LogP contribution < -0.4 is 4.74 Å². The van der Waals surface area contributed by atoms with Crippen molar-refractivity contribution in [1.29, 1.82) is 0 Å². The van der Waals surface area contributed by atoms with E-state index in [4.69, 9.17) is 20.2 Å². The van der Waals surface area contributed by atoms with Gasteiger partial charge in [-0.3, -0.25) is 0 Å². The number of nitrogens with zero attached hydrogens (tertiary/aromatic N) is 1. The van der Waals surface area contributed by atoms with Gasteiger partial charge in [0.1, 0.15) is 10.6 Å². The van der Waals surface area contributed by atoms with Crippen molar-refractivity contribution in [3.8, 4) is 11.6 Å². The predicted octanol–water partition coefficient (Wildman–Crippen LogP) is 2.99. The molecule has 2 aromatic rings. The van der Waals surface area contributed by atoms with Gasteiger partial charge in [-0.05, 0) is 30.2 Å². The van der Waals surface area contributed by atoms with Crippen molar-refractivity contribution < 1.29 is 17.9 Å². The fraction of sp³-hybridized carbons (Fsp3) is 0.214. The number of hydrogen-bond donors (Lipinski definition) is 0. The van der Waals surface area contributed by atoms with E-state index in [1.165, 1.54) is 12.1 Å². The fourth-order valence-corrected chi connectivity index (χ4v) is 2.32. The third-order valence-electron chi connectivity index (χ3n) is 2.73. The van der Waals surface area contributed by atoms with Crippen LogP contribution in [0.3, 0.4) is 0 Å². The molecule has 2 rings (SSSR count). The molecular weight excluding hydrogens is 314 g/mol. The van der Waals surface area contributed by atoms with Crippen molar-refractivity contribution in [2.45, 2.75) is 11.3 Å². The Bertz CT molecular complexity index is 684. The highest BCUT2D eigenvalue weighted by Crippen LogP contribution is 2.22. The number of halogens is 1. The monoisotopic (exact) mass is 327 g/mol. The summed E-state index contributed by atoms with van der Waals surface area (Å²) in [4.78, 5) is 3.84. The minimum atomic E-state index is -3.76. The number of hydrogen-bond acceptors (Lipinski definition) is 5. The first kappa shape index (κ1) is 15.8. The number of benzene rings is 1. The number of rotatable bonds is 6. The zero-order chi connectivity index (χ0) is 15.3. The Morgan fingerprint density at radius 3 is 2.38 bits per heavy atom. The molecule has 21 heavy (non-hydrogen) atoms. The fourth-order valence-electron chi connectivity index (χ4n) is 1.64. The summed E-state index contributed by atoms with van der Waals surface area (Å²) < 4.78 is 32.7. The van der Waals surface area contributed by atoms with E-state index in [1.54, 1.807) is 7.11 Å². The van der Waals surface area contributed by atoms with Gasteiger partial charge >= 0.3 is 0 Å². The van der Waals surface area contributed by atoms with Crippen LogP contribution in [0.15, 0.2) is 47.5 Å². The first-order chi connectivity index (χ1) is 9.99. The third kappa shape index (κ3) is 4.70. The van der Waals surface area contributed by atoms with Gasteiger partial charge in [-0.2, -0.15) is 0 Å². The van der Waals surface area contributed by atoms with Gasteiger partial charge in [0.2, 0.25) is 5.88 Å². The Balaban J connectivity index is 2.04. The molecule has 1 heterocycles. The van der Waals surface area contributed by atoms with Crippen LogP contribution in [0.2, 0.25) is 0 Å². The maximum absolute atomic E-state index is 11.1. The highest BCUT2D eigenvalue weighted by Gasteiger charge is 2.10. The van der Waals surface area contributed by atoms with Gasteiger partial charge in [0.05, 0.1) is 12.8 Å². The van der Waals surface area contributed by atoms with Gasteiger partial charge < -0.3 is 9.47 Å². The molecule has 0 N–H and O–H groups in total. The number of ether oxygens (including phenoxy) is 2. The van der Waals surface area contributed by atoms with E-state index in [2.05, 4.69) is 4.98 Å². The summed E-state index contributed by atoms with van der Waals surface area (Å²) in [6.45, 7) is 0.663. The normalized spacial score (nSPS) is 11.3. The Labute approximate surface area is 127 Å². The second-order valence-corrected chi connectivity index (χ2v) is 6.82. The number of methoxy groups -OCH3 is 1. The Morgan fingerprint density at radius 2 is 1.86 bits per heavy atom. The standard InChI is InChI=1S/C14H14ClNO4S/c1-19-9-8-11-2-4-12(5-3-11)20-14-7-6-13(10-16-14)21(15,17)18/h2-7,10H,8-9H2,1H3. The van der Waals surface area contributed by atoms with E-state index < -0.39 is 9.05 Å². The van der Waals surface area contributed by atoms with Crippen LogP contribution in [0.5, 0.6) is 11.6 Å². The Morgan fingerprint density at radius 1 is 1.14 bits per heavy atom. The SMILES string of the molecule is COCCc1ccc(Oc2ccc(S(=O)(=O)Cl)cn2)cc1. The van der Waals surface area contributed by atoms with E-state index in [0.717, 1.165) is 18.2 Å². The minimum Gasteiger partial charge on any atom is -0.439 e. The molecule has 0 atom stereocenters. The highest BCUT2D eigenvalue weighted by atomic mass is 35.7. The van der Waals surface area contributed by atoms with Crippen molar-refractivity contribution in [2.75, 3.05) is 13.7 Å². The molecule has 0 fully saturated rings. The topological polar surface area (TPSA) is 65.5 Å². The summed E-state index contributed by atoms with van der Waals surface area (Å²) in [5, 5.41) is 0. The molecular formula is C14H14ClNO4S. The summed E-state index contributed by atoms with van der Waals surface area (Å²) in [6, 6.07) is 10.3. The van der Waals surface area contributed by atoms with Gasteiger partial charge in [0.25, 0.3) is 9.05 Å². The second-order valence-electron chi connectivity index (χ2n) is 4.26. The van der Waals surface area contributed by atoms with Crippen molar-refractivity contribution in [1.82, 2.24) is 4.98 Å². The van der Waals surface area contributed by atoms with Crippen LogP contribution in [-0.4, -0.2) is 27.1 Å². The van der Waals surface area contributed by atoms with E-state index >= 15 is 0 Å². The largest absolute Gasteiger partial charge is 0.439 e. The maximum Gasteiger partial charge on any atom is 0.262 e. The van der Waals surface area contributed by atoms with Gasteiger partial charge in [0.15, 0.2) is 0 Å². The van der Waals surface area contributed by atoms with Crippen LogP contribution >= 0.6 is 10.7 Å². The van der Waals surface area contributed by atoms with E-state index in [9.17, 15) is 8.42 Å². The van der Waals surface area contributed by atoms with Gasteiger partial charge in [-0.15, -0.1) is 0 Å². The first-order valence-corrected chi connectivity index (χ1v) is 8.46. The lowest BCUT2D eigenvalue weighted by molar-refractivity contribution is 0.202. The molecule has 0 aliphatic heterocycles. The number of aromatic nitrogens is 1. The summed E-state index contributed by atoms with van der Waals surface area (Å²) >= 11 is 0. The first-order valence-electron chi connectivity index (χ1n) is 6.15. The molecule has 7 heteroatoms. The summed E-state index contributed by atoms with van der Waals surface area (Å²) in [5.74, 6) is 0.911. The lowest BCUT2D eigenvalue weighted by Gasteiger charge is -2.06. The number of pyridine rings is 1. The van der Waals surface area contributed by atoms with Crippen LogP contribution in [0.4, 0.5) is 0 Å². The van der Waals surface area contributed by atoms with Crippen molar-refractivity contribution >= 4 is 19.7 Å². The quantitative estimate of drug-likeness (QED) is 0.763. The molecule has 0 unspecified atom stereocenters. The Hall–Kier alpha value is -1.63. The summed E-state index contributed by atoms with van der Waals surface area (Å²) in [5.41, 5.74) is 1.14. The second kappa shape index (κ2) is 6.89. The maximum atomic E-state index is 11.1. The molecule has 1 aromatic heterocycles. The van der Waals surface area contributed by atoms with Crippen LogP contribution in [0.1, 0.15) is 5.56 Å². The zero-order valence-electron chi connectivity index (χ0n) is 11.3. The smallest absolute Gasteiger partial charge is 0.262 e. The molecule has 0 spiro atoms. The van der Waals surface area contributed by atoms with Gasteiger partial charge in [0, 0.05) is 23.9 Å². The third-order valence-corrected chi connectivity index (χ3v) is 4.07. The molecule has 0 saturated heterocycles.